The van der Waals surface area contributed by atoms with Crippen LogP contribution in [0.2, 0.25) is 0 Å². The van der Waals surface area contributed by atoms with Crippen LogP contribution in [0, 0.1) is 6.92 Å². The van der Waals surface area contributed by atoms with Gasteiger partial charge in [0.1, 0.15) is 0 Å². The zero-order valence-corrected chi connectivity index (χ0v) is 10.1. The molecule has 2 aromatic rings. The summed E-state index contributed by atoms with van der Waals surface area (Å²) in [6.07, 6.45) is 1.88. The molecular formula is C14H13N3O. The summed E-state index contributed by atoms with van der Waals surface area (Å²) in [5.41, 5.74) is 4.23. The van der Waals surface area contributed by atoms with Gasteiger partial charge in [0.05, 0.1) is 18.8 Å². The summed E-state index contributed by atoms with van der Waals surface area (Å²) in [6.45, 7) is 3.14. The molecule has 3 rings (SSSR count). The molecule has 4 nitrogen and oxygen atoms in total. The lowest BCUT2D eigenvalue weighted by atomic mass is 10.1. The monoisotopic (exact) mass is 239 g/mol. The summed E-state index contributed by atoms with van der Waals surface area (Å²) in [4.78, 5) is 15.9. The van der Waals surface area contributed by atoms with Crippen LogP contribution in [-0.4, -0.2) is 16.0 Å². The molecule has 0 spiro atoms. The highest BCUT2D eigenvalue weighted by molar-refractivity contribution is 5.84. The molecule has 18 heavy (non-hydrogen) atoms. The molecule has 0 saturated heterocycles. The van der Waals surface area contributed by atoms with Crippen LogP contribution in [-0.2, 0) is 13.1 Å². The normalized spacial score (nSPS) is 12.7. The van der Waals surface area contributed by atoms with Crippen LogP contribution in [0.3, 0.4) is 0 Å². The Bertz CT molecular complexity index is 686. The summed E-state index contributed by atoms with van der Waals surface area (Å²) in [5.74, 6) is 0. The minimum Gasteiger partial charge on any atom is -0.288 e. The van der Waals surface area contributed by atoms with E-state index in [1.807, 2.05) is 19.2 Å². The number of rotatable bonds is 2. The highest BCUT2D eigenvalue weighted by atomic mass is 16.1. The van der Waals surface area contributed by atoms with Crippen molar-refractivity contribution < 1.29 is 0 Å². The first-order valence-electron chi connectivity index (χ1n) is 5.89. The van der Waals surface area contributed by atoms with Crippen LogP contribution in [0.15, 0.2) is 40.1 Å². The molecule has 0 amide bonds. The van der Waals surface area contributed by atoms with Gasteiger partial charge in [-0.25, -0.2) is 4.68 Å². The average molecular weight is 239 g/mol. The van der Waals surface area contributed by atoms with Crippen LogP contribution in [0.4, 0.5) is 0 Å². The van der Waals surface area contributed by atoms with E-state index in [1.165, 1.54) is 10.2 Å². The van der Waals surface area contributed by atoms with Crippen molar-refractivity contribution in [1.29, 1.82) is 0 Å². The number of hydrogen-bond donors (Lipinski definition) is 0. The van der Waals surface area contributed by atoms with Gasteiger partial charge >= 0.3 is 0 Å². The molecule has 1 aromatic heterocycles. The highest BCUT2D eigenvalue weighted by Gasteiger charge is 2.07. The topological polar surface area (TPSA) is 47.2 Å². The van der Waals surface area contributed by atoms with Gasteiger partial charge in [0, 0.05) is 12.3 Å². The lowest BCUT2D eigenvalue weighted by Crippen LogP contribution is -2.23. The minimum absolute atomic E-state index is 0.0743. The maximum Gasteiger partial charge on any atom is 0.267 e. The van der Waals surface area contributed by atoms with Crippen molar-refractivity contribution in [2.75, 3.05) is 0 Å². The molecule has 0 atom stereocenters. The van der Waals surface area contributed by atoms with Crippen LogP contribution < -0.4 is 5.56 Å². The Labute approximate surface area is 105 Å². The van der Waals surface area contributed by atoms with Crippen molar-refractivity contribution in [1.82, 2.24) is 9.78 Å². The number of nitrogens with zero attached hydrogens (tertiary/aromatic N) is 3. The first-order chi connectivity index (χ1) is 8.72. The van der Waals surface area contributed by atoms with Gasteiger partial charge in [-0.15, -0.1) is 0 Å². The van der Waals surface area contributed by atoms with Gasteiger partial charge in [0.2, 0.25) is 0 Å². The van der Waals surface area contributed by atoms with Gasteiger partial charge in [-0.3, -0.25) is 9.79 Å². The predicted octanol–water partition coefficient (Wildman–Crippen LogP) is 1.53. The Hall–Kier alpha value is -2.23. The van der Waals surface area contributed by atoms with Gasteiger partial charge in [-0.2, -0.15) is 5.10 Å². The van der Waals surface area contributed by atoms with Gasteiger partial charge in [0.25, 0.3) is 5.56 Å². The van der Waals surface area contributed by atoms with E-state index in [-0.39, 0.29) is 5.56 Å². The lowest BCUT2D eigenvalue weighted by Gasteiger charge is -2.06. The maximum absolute atomic E-state index is 11.7. The van der Waals surface area contributed by atoms with Crippen molar-refractivity contribution in [3.05, 3.63) is 63.1 Å². The van der Waals surface area contributed by atoms with Crippen molar-refractivity contribution in [2.45, 2.75) is 20.0 Å². The molecule has 2 heterocycles. The number of benzene rings is 1. The molecule has 0 saturated carbocycles. The Kier molecular flexibility index (Phi) is 2.55. The van der Waals surface area contributed by atoms with Crippen molar-refractivity contribution in [3.63, 3.8) is 0 Å². The van der Waals surface area contributed by atoms with E-state index in [9.17, 15) is 4.79 Å². The van der Waals surface area contributed by atoms with Gasteiger partial charge in [-0.1, -0.05) is 12.1 Å². The summed E-state index contributed by atoms with van der Waals surface area (Å²) in [6, 6.07) is 9.45. The number of aryl methyl sites for hydroxylation is 1. The van der Waals surface area contributed by atoms with Gasteiger partial charge in [0.15, 0.2) is 0 Å². The minimum atomic E-state index is -0.0743. The third kappa shape index (κ3) is 1.97. The molecule has 0 unspecified atom stereocenters. The van der Waals surface area contributed by atoms with E-state index in [0.29, 0.717) is 6.54 Å². The Balaban J connectivity index is 1.95. The SMILES string of the molecule is Cc1ccc(=O)n(Cc2ccc3c(c2)C=NC3)n1. The molecule has 0 N–H and O–H groups in total. The molecule has 0 bridgehead atoms. The summed E-state index contributed by atoms with van der Waals surface area (Å²) < 4.78 is 1.49. The number of aliphatic imine (C=N–C) groups is 1. The molecule has 1 aliphatic heterocycles. The Morgan fingerprint density at radius 1 is 1.28 bits per heavy atom. The Morgan fingerprint density at radius 3 is 3.06 bits per heavy atom. The first kappa shape index (κ1) is 10.9. The fourth-order valence-corrected chi connectivity index (χ4v) is 2.09. The zero-order valence-electron chi connectivity index (χ0n) is 10.1. The maximum atomic E-state index is 11.7. The second kappa shape index (κ2) is 4.22. The molecular weight excluding hydrogens is 226 g/mol. The zero-order chi connectivity index (χ0) is 12.5. The van der Waals surface area contributed by atoms with Gasteiger partial charge in [-0.05, 0) is 35.7 Å². The quantitative estimate of drug-likeness (QED) is 0.798. The summed E-state index contributed by atoms with van der Waals surface area (Å²) >= 11 is 0. The van der Waals surface area contributed by atoms with E-state index >= 15 is 0 Å². The predicted molar refractivity (Wildman–Crippen MR) is 70.1 cm³/mol. The highest BCUT2D eigenvalue weighted by Crippen LogP contribution is 2.16. The lowest BCUT2D eigenvalue weighted by molar-refractivity contribution is 0.628. The smallest absolute Gasteiger partial charge is 0.267 e. The third-order valence-corrected chi connectivity index (χ3v) is 3.03. The molecule has 0 aliphatic carbocycles. The first-order valence-corrected chi connectivity index (χ1v) is 5.89. The van der Waals surface area contributed by atoms with Crippen molar-refractivity contribution >= 4 is 6.21 Å². The van der Waals surface area contributed by atoms with Crippen LogP contribution >= 0.6 is 0 Å². The molecule has 90 valence electrons. The van der Waals surface area contributed by atoms with Crippen LogP contribution in [0.5, 0.6) is 0 Å². The van der Waals surface area contributed by atoms with Crippen LogP contribution in [0.25, 0.3) is 0 Å². The number of aromatic nitrogens is 2. The molecule has 4 heteroatoms. The van der Waals surface area contributed by atoms with E-state index in [0.717, 1.165) is 23.4 Å². The second-order valence-electron chi connectivity index (χ2n) is 4.47. The standard InChI is InChI=1S/C14H13N3O/c1-10-2-5-14(18)17(16-10)9-11-3-4-12-7-15-8-13(12)6-11/h2-6,8H,7,9H2,1H3. The second-order valence-corrected chi connectivity index (χ2v) is 4.47. The van der Waals surface area contributed by atoms with E-state index < -0.39 is 0 Å². The average Bonchev–Trinajstić information content (AvgIpc) is 2.81. The number of hydrogen-bond acceptors (Lipinski definition) is 3. The van der Waals surface area contributed by atoms with Crippen molar-refractivity contribution in [3.8, 4) is 0 Å². The largest absolute Gasteiger partial charge is 0.288 e. The fraction of sp³-hybridized carbons (Fsp3) is 0.214. The summed E-state index contributed by atoms with van der Waals surface area (Å²) in [5, 5.41) is 4.23. The summed E-state index contributed by atoms with van der Waals surface area (Å²) in [7, 11) is 0. The van der Waals surface area contributed by atoms with Crippen molar-refractivity contribution in [2.24, 2.45) is 4.99 Å². The third-order valence-electron chi connectivity index (χ3n) is 3.03. The fourth-order valence-electron chi connectivity index (χ4n) is 2.09. The molecule has 0 fully saturated rings. The molecule has 1 aliphatic rings. The molecule has 1 aromatic carbocycles. The molecule has 0 radical (unpaired) electrons. The van der Waals surface area contributed by atoms with E-state index in [2.05, 4.69) is 22.2 Å². The van der Waals surface area contributed by atoms with E-state index in [1.54, 1.807) is 12.1 Å². The Morgan fingerprint density at radius 2 is 2.17 bits per heavy atom. The van der Waals surface area contributed by atoms with E-state index in [4.69, 9.17) is 0 Å². The van der Waals surface area contributed by atoms with Gasteiger partial charge < -0.3 is 0 Å². The number of fused-ring (bicyclic) bond motifs is 1. The van der Waals surface area contributed by atoms with Crippen LogP contribution in [0.1, 0.15) is 22.4 Å².